The van der Waals surface area contributed by atoms with Crippen LogP contribution < -0.4 is 0 Å². The Morgan fingerprint density at radius 1 is 1.42 bits per heavy atom. The summed E-state index contributed by atoms with van der Waals surface area (Å²) in [5, 5.41) is 9.04. The molecule has 1 N–H and O–H groups in total. The van der Waals surface area contributed by atoms with E-state index in [1.165, 1.54) is 23.3 Å². The Labute approximate surface area is 113 Å². The summed E-state index contributed by atoms with van der Waals surface area (Å²) in [6.45, 7) is 3.70. The lowest BCUT2D eigenvalue weighted by atomic mass is 9.83. The molecule has 1 aliphatic heterocycles. The zero-order valence-corrected chi connectivity index (χ0v) is 11.1. The van der Waals surface area contributed by atoms with Crippen LogP contribution in [-0.2, 0) is 10.3 Å². The highest BCUT2D eigenvalue weighted by Gasteiger charge is 2.49. The number of amides is 1. The fraction of sp³-hybridized carbons (Fsp3) is 0.533. The van der Waals surface area contributed by atoms with Crippen LogP contribution in [0.3, 0.4) is 0 Å². The second-order valence-corrected chi connectivity index (χ2v) is 5.70. The summed E-state index contributed by atoms with van der Waals surface area (Å²) in [5.41, 5.74) is 1.88. The van der Waals surface area contributed by atoms with Gasteiger partial charge in [-0.05, 0) is 36.8 Å². The third-order valence-electron chi connectivity index (χ3n) is 4.09. The summed E-state index contributed by atoms with van der Waals surface area (Å²) >= 11 is 0. The second-order valence-electron chi connectivity index (χ2n) is 5.70. The molecule has 0 spiro atoms. The van der Waals surface area contributed by atoms with Crippen molar-refractivity contribution in [2.45, 2.75) is 25.4 Å². The molecule has 0 unspecified atom stereocenters. The smallest absolute Gasteiger partial charge is 0.407 e. The summed E-state index contributed by atoms with van der Waals surface area (Å²) in [4.78, 5) is 12.4. The molecule has 3 rings (SSSR count). The summed E-state index contributed by atoms with van der Waals surface area (Å²) in [5.74, 6) is 0.680. The average molecular weight is 261 g/mol. The molecule has 4 heteroatoms. The number of carboxylic acid groups (broad SMARTS) is 1. The summed E-state index contributed by atoms with van der Waals surface area (Å²) in [6, 6.07) is 8.11. The van der Waals surface area contributed by atoms with E-state index in [1.807, 2.05) is 12.1 Å². The predicted octanol–water partition coefficient (Wildman–Crippen LogP) is 2.61. The van der Waals surface area contributed by atoms with Crippen LogP contribution >= 0.6 is 0 Å². The highest BCUT2D eigenvalue weighted by Crippen LogP contribution is 2.40. The van der Waals surface area contributed by atoms with Crippen molar-refractivity contribution in [3.05, 3.63) is 35.4 Å². The average Bonchev–Trinajstić information content (AvgIpc) is 3.13. The number of hydrogen-bond donors (Lipinski definition) is 1. The van der Waals surface area contributed by atoms with Crippen molar-refractivity contribution in [1.82, 2.24) is 4.90 Å². The lowest BCUT2D eigenvalue weighted by molar-refractivity contribution is -0.142. The molecule has 0 aromatic heterocycles. The minimum Gasteiger partial charge on any atom is -0.465 e. The van der Waals surface area contributed by atoms with Gasteiger partial charge in [-0.1, -0.05) is 24.3 Å². The van der Waals surface area contributed by atoms with E-state index in [4.69, 9.17) is 9.84 Å². The van der Waals surface area contributed by atoms with Gasteiger partial charge < -0.3 is 14.7 Å². The molecule has 0 atom stereocenters. The number of rotatable bonds is 4. The first-order valence-corrected chi connectivity index (χ1v) is 6.79. The van der Waals surface area contributed by atoms with Crippen molar-refractivity contribution in [2.24, 2.45) is 5.92 Å². The first kappa shape index (κ1) is 12.5. The lowest BCUT2D eigenvalue weighted by Gasteiger charge is -2.49. The Kier molecular flexibility index (Phi) is 2.97. The molecule has 0 radical (unpaired) electrons. The minimum absolute atomic E-state index is 0.424. The first-order chi connectivity index (χ1) is 9.11. The molecule has 1 amide bonds. The summed E-state index contributed by atoms with van der Waals surface area (Å²) in [6.07, 6.45) is 1.62. The maximum Gasteiger partial charge on any atom is 0.407 e. The zero-order chi connectivity index (χ0) is 13.5. The van der Waals surface area contributed by atoms with Crippen LogP contribution in [0.4, 0.5) is 4.79 Å². The van der Waals surface area contributed by atoms with E-state index in [9.17, 15) is 4.79 Å². The molecule has 4 nitrogen and oxygen atoms in total. The van der Waals surface area contributed by atoms with Crippen LogP contribution in [0.25, 0.3) is 0 Å². The molecule has 2 fully saturated rings. The van der Waals surface area contributed by atoms with Crippen molar-refractivity contribution in [3.63, 3.8) is 0 Å². The number of ether oxygens (including phenoxy) is 1. The predicted molar refractivity (Wildman–Crippen MR) is 71.1 cm³/mol. The standard InChI is InChI=1S/C15H19NO3/c1-11-4-2-3-5-13(11)15(19-8-12-6-7-12)9-16(10-15)14(17)18/h2-5,12H,6-10H2,1H3,(H,17,18). The molecule has 1 aromatic carbocycles. The van der Waals surface area contributed by atoms with Gasteiger partial charge in [-0.3, -0.25) is 0 Å². The van der Waals surface area contributed by atoms with Gasteiger partial charge in [0.15, 0.2) is 0 Å². The van der Waals surface area contributed by atoms with Crippen LogP contribution in [0, 0.1) is 12.8 Å². The van der Waals surface area contributed by atoms with E-state index in [0.29, 0.717) is 19.0 Å². The maximum atomic E-state index is 11.0. The van der Waals surface area contributed by atoms with Crippen LogP contribution in [0.15, 0.2) is 24.3 Å². The molecule has 0 bridgehead atoms. The molecule has 1 aromatic rings. The molecule has 1 saturated carbocycles. The van der Waals surface area contributed by atoms with Crippen molar-refractivity contribution in [1.29, 1.82) is 0 Å². The first-order valence-electron chi connectivity index (χ1n) is 6.79. The van der Waals surface area contributed by atoms with Gasteiger partial charge in [0.25, 0.3) is 0 Å². The molecule has 1 heterocycles. The van der Waals surface area contributed by atoms with Crippen LogP contribution in [0.1, 0.15) is 24.0 Å². The van der Waals surface area contributed by atoms with Gasteiger partial charge >= 0.3 is 6.09 Å². The largest absolute Gasteiger partial charge is 0.465 e. The van der Waals surface area contributed by atoms with E-state index in [-0.39, 0.29) is 0 Å². The van der Waals surface area contributed by atoms with E-state index in [1.54, 1.807) is 0 Å². The molecular weight excluding hydrogens is 242 g/mol. The number of nitrogens with zero attached hydrogens (tertiary/aromatic N) is 1. The molecular formula is C15H19NO3. The highest BCUT2D eigenvalue weighted by atomic mass is 16.5. The van der Waals surface area contributed by atoms with E-state index < -0.39 is 11.7 Å². The number of likely N-dealkylation sites (tertiary alicyclic amines) is 1. The number of aryl methyl sites for hydroxylation is 1. The second kappa shape index (κ2) is 4.53. The topological polar surface area (TPSA) is 49.8 Å². The van der Waals surface area contributed by atoms with Crippen molar-refractivity contribution < 1.29 is 14.6 Å². The summed E-state index contributed by atoms with van der Waals surface area (Å²) in [7, 11) is 0. The SMILES string of the molecule is Cc1ccccc1C1(OCC2CC2)CN(C(=O)O)C1. The van der Waals surface area contributed by atoms with Crippen molar-refractivity contribution in [3.8, 4) is 0 Å². The normalized spacial score (nSPS) is 21.0. The number of carbonyl (C=O) groups is 1. The highest BCUT2D eigenvalue weighted by molar-refractivity contribution is 5.67. The van der Waals surface area contributed by atoms with E-state index in [0.717, 1.165) is 12.2 Å². The van der Waals surface area contributed by atoms with E-state index >= 15 is 0 Å². The van der Waals surface area contributed by atoms with Gasteiger partial charge in [-0.25, -0.2) is 4.79 Å². The molecule has 1 saturated heterocycles. The van der Waals surface area contributed by atoms with Gasteiger partial charge in [-0.2, -0.15) is 0 Å². The summed E-state index contributed by atoms with van der Waals surface area (Å²) < 4.78 is 6.13. The van der Waals surface area contributed by atoms with Gasteiger partial charge in [-0.15, -0.1) is 0 Å². The van der Waals surface area contributed by atoms with Crippen molar-refractivity contribution in [2.75, 3.05) is 19.7 Å². The Morgan fingerprint density at radius 3 is 2.68 bits per heavy atom. The Balaban J connectivity index is 1.80. The Morgan fingerprint density at radius 2 is 2.11 bits per heavy atom. The number of hydrogen-bond acceptors (Lipinski definition) is 2. The molecule has 1 aliphatic carbocycles. The third kappa shape index (κ3) is 2.32. The fourth-order valence-electron chi connectivity index (χ4n) is 2.69. The van der Waals surface area contributed by atoms with Gasteiger partial charge in [0.2, 0.25) is 0 Å². The van der Waals surface area contributed by atoms with Crippen molar-refractivity contribution >= 4 is 6.09 Å². The molecule has 19 heavy (non-hydrogen) atoms. The lowest BCUT2D eigenvalue weighted by Crippen LogP contribution is -2.62. The maximum absolute atomic E-state index is 11.0. The fourth-order valence-corrected chi connectivity index (χ4v) is 2.69. The molecule has 102 valence electrons. The Bertz CT molecular complexity index is 490. The van der Waals surface area contributed by atoms with Gasteiger partial charge in [0.05, 0.1) is 19.7 Å². The number of benzene rings is 1. The molecule has 2 aliphatic rings. The third-order valence-corrected chi connectivity index (χ3v) is 4.09. The quantitative estimate of drug-likeness (QED) is 0.906. The minimum atomic E-state index is -0.862. The van der Waals surface area contributed by atoms with Gasteiger partial charge in [0, 0.05) is 0 Å². The monoisotopic (exact) mass is 261 g/mol. The van der Waals surface area contributed by atoms with Crippen LogP contribution in [0.5, 0.6) is 0 Å². The van der Waals surface area contributed by atoms with Crippen LogP contribution in [0.2, 0.25) is 0 Å². The van der Waals surface area contributed by atoms with Crippen LogP contribution in [-0.4, -0.2) is 35.8 Å². The Hall–Kier alpha value is -1.55. The van der Waals surface area contributed by atoms with Gasteiger partial charge in [0.1, 0.15) is 5.60 Å². The van der Waals surface area contributed by atoms with E-state index in [2.05, 4.69) is 19.1 Å². The zero-order valence-electron chi connectivity index (χ0n) is 11.1.